The van der Waals surface area contributed by atoms with Crippen molar-refractivity contribution in [3.63, 3.8) is 0 Å². The van der Waals surface area contributed by atoms with Crippen molar-refractivity contribution < 1.29 is 9.47 Å². The van der Waals surface area contributed by atoms with Crippen molar-refractivity contribution in [2.24, 2.45) is 0 Å². The van der Waals surface area contributed by atoms with Gasteiger partial charge < -0.3 is 9.47 Å². The zero-order chi connectivity index (χ0) is 9.68. The highest BCUT2D eigenvalue weighted by Crippen LogP contribution is 2.22. The van der Waals surface area contributed by atoms with Gasteiger partial charge in [0.2, 0.25) is 0 Å². The van der Waals surface area contributed by atoms with E-state index in [0.29, 0.717) is 12.4 Å². The molecule has 0 radical (unpaired) electrons. The summed E-state index contributed by atoms with van der Waals surface area (Å²) in [5.41, 5.74) is 0.00870. The Balaban J connectivity index is 2.89. The lowest BCUT2D eigenvalue weighted by Crippen LogP contribution is -2.12. The van der Waals surface area contributed by atoms with Crippen LogP contribution in [0.25, 0.3) is 0 Å². The Bertz CT molecular complexity index is 274. The maximum absolute atomic E-state index is 8.62. The second-order valence-corrected chi connectivity index (χ2v) is 2.67. The highest BCUT2D eigenvalue weighted by molar-refractivity contribution is 5.39. The van der Waals surface area contributed by atoms with Crippen LogP contribution >= 0.6 is 0 Å². The van der Waals surface area contributed by atoms with E-state index in [9.17, 15) is 0 Å². The average molecular weight is 178 g/mol. The van der Waals surface area contributed by atoms with Crippen molar-refractivity contribution in [2.75, 3.05) is 13.7 Å². The summed E-state index contributed by atoms with van der Waals surface area (Å²) in [6.07, 6.45) is 1.55. The van der Waals surface area contributed by atoms with Gasteiger partial charge in [-0.05, 0) is 12.8 Å². The van der Waals surface area contributed by atoms with Crippen molar-refractivity contribution in [3.05, 3.63) is 11.3 Å². The van der Waals surface area contributed by atoms with Gasteiger partial charge in [-0.1, -0.05) is 0 Å². The molecule has 1 aliphatic heterocycles. The lowest BCUT2D eigenvalue weighted by atomic mass is 10.1. The molecule has 1 rings (SSSR count). The normalized spacial score (nSPS) is 20.1. The molecule has 0 bridgehead atoms. The van der Waals surface area contributed by atoms with Crippen LogP contribution in [0, 0.1) is 22.7 Å². The van der Waals surface area contributed by atoms with Crippen LogP contribution in [0.15, 0.2) is 11.3 Å². The minimum absolute atomic E-state index is 0.00870. The van der Waals surface area contributed by atoms with Gasteiger partial charge in [0.05, 0.1) is 7.11 Å². The molecule has 4 nitrogen and oxygen atoms in total. The number of hydrogen-bond acceptors (Lipinski definition) is 4. The van der Waals surface area contributed by atoms with E-state index in [0.717, 1.165) is 12.8 Å². The van der Waals surface area contributed by atoms with Gasteiger partial charge in [0.1, 0.15) is 18.2 Å². The summed E-state index contributed by atoms with van der Waals surface area (Å²) >= 11 is 0. The minimum Gasteiger partial charge on any atom is -0.496 e. The van der Waals surface area contributed by atoms with Crippen molar-refractivity contribution in [2.45, 2.75) is 18.9 Å². The van der Waals surface area contributed by atoms with E-state index in [1.165, 1.54) is 7.11 Å². The Morgan fingerprint density at radius 1 is 1.46 bits per heavy atom. The van der Waals surface area contributed by atoms with Gasteiger partial charge in [0, 0.05) is 6.61 Å². The van der Waals surface area contributed by atoms with Crippen LogP contribution in [0.5, 0.6) is 0 Å². The SMILES string of the molecule is COC(=C(C#N)C#N)[C@@H]1CCCO1. The maximum atomic E-state index is 8.62. The Labute approximate surface area is 77.0 Å². The van der Waals surface area contributed by atoms with Gasteiger partial charge in [0.15, 0.2) is 11.3 Å². The molecule has 1 saturated heterocycles. The summed E-state index contributed by atoms with van der Waals surface area (Å²) in [6.45, 7) is 0.668. The number of methoxy groups -OCH3 is 1. The van der Waals surface area contributed by atoms with Crippen molar-refractivity contribution >= 4 is 0 Å². The largest absolute Gasteiger partial charge is 0.496 e. The second-order valence-electron chi connectivity index (χ2n) is 2.67. The van der Waals surface area contributed by atoms with E-state index >= 15 is 0 Å². The molecule has 0 saturated carbocycles. The molecule has 13 heavy (non-hydrogen) atoms. The molecule has 4 heteroatoms. The summed E-state index contributed by atoms with van der Waals surface area (Å²) in [5.74, 6) is 0.363. The third-order valence-corrected chi connectivity index (χ3v) is 1.91. The van der Waals surface area contributed by atoms with Gasteiger partial charge >= 0.3 is 0 Å². The van der Waals surface area contributed by atoms with Gasteiger partial charge in [-0.15, -0.1) is 0 Å². The lowest BCUT2D eigenvalue weighted by Gasteiger charge is -2.12. The van der Waals surface area contributed by atoms with Crippen molar-refractivity contribution in [1.82, 2.24) is 0 Å². The van der Waals surface area contributed by atoms with Gasteiger partial charge in [-0.25, -0.2) is 0 Å². The highest BCUT2D eigenvalue weighted by Gasteiger charge is 2.24. The molecular weight excluding hydrogens is 168 g/mol. The minimum atomic E-state index is -0.209. The predicted molar refractivity (Wildman–Crippen MR) is 44.2 cm³/mol. The van der Waals surface area contributed by atoms with Crippen LogP contribution in [-0.4, -0.2) is 19.8 Å². The molecule has 0 aromatic carbocycles. The molecule has 0 unspecified atom stereocenters. The third-order valence-electron chi connectivity index (χ3n) is 1.91. The van der Waals surface area contributed by atoms with Gasteiger partial charge in [-0.2, -0.15) is 10.5 Å². The zero-order valence-corrected chi connectivity index (χ0v) is 7.41. The molecule has 0 N–H and O–H groups in total. The quantitative estimate of drug-likeness (QED) is 0.469. The summed E-state index contributed by atoms with van der Waals surface area (Å²) in [7, 11) is 1.45. The Morgan fingerprint density at radius 2 is 2.15 bits per heavy atom. The predicted octanol–water partition coefficient (Wildman–Crippen LogP) is 1.11. The first-order chi connectivity index (χ1) is 6.33. The molecule has 0 aromatic rings. The van der Waals surface area contributed by atoms with E-state index in [1.54, 1.807) is 12.1 Å². The molecule has 0 amide bonds. The van der Waals surface area contributed by atoms with Crippen LogP contribution < -0.4 is 0 Å². The molecule has 68 valence electrons. The molecule has 1 aliphatic rings. The number of allylic oxidation sites excluding steroid dienone is 1. The van der Waals surface area contributed by atoms with Crippen LogP contribution in [-0.2, 0) is 9.47 Å². The highest BCUT2D eigenvalue weighted by atomic mass is 16.5. The van der Waals surface area contributed by atoms with Gasteiger partial charge in [-0.3, -0.25) is 0 Å². The van der Waals surface area contributed by atoms with E-state index < -0.39 is 0 Å². The third kappa shape index (κ3) is 1.99. The van der Waals surface area contributed by atoms with E-state index in [1.807, 2.05) is 0 Å². The van der Waals surface area contributed by atoms with E-state index in [-0.39, 0.29) is 11.7 Å². The number of nitrogens with zero attached hydrogens (tertiary/aromatic N) is 2. The zero-order valence-electron chi connectivity index (χ0n) is 7.41. The molecule has 0 spiro atoms. The fraction of sp³-hybridized carbons (Fsp3) is 0.556. The van der Waals surface area contributed by atoms with Crippen LogP contribution in [0.1, 0.15) is 12.8 Å². The summed E-state index contributed by atoms with van der Waals surface area (Å²) < 4.78 is 10.3. The van der Waals surface area contributed by atoms with E-state index in [4.69, 9.17) is 20.0 Å². The molecule has 1 atom stereocenters. The Morgan fingerprint density at radius 3 is 2.54 bits per heavy atom. The molecule has 1 fully saturated rings. The number of rotatable bonds is 2. The van der Waals surface area contributed by atoms with Crippen molar-refractivity contribution in [3.8, 4) is 12.1 Å². The topological polar surface area (TPSA) is 66.0 Å². The first-order valence-corrected chi connectivity index (χ1v) is 4.03. The Hall–Kier alpha value is -1.52. The Kier molecular flexibility index (Phi) is 3.31. The van der Waals surface area contributed by atoms with Crippen LogP contribution in [0.4, 0.5) is 0 Å². The standard InChI is InChI=1S/C9H10N2O2/c1-12-9(7(5-10)6-11)8-3-2-4-13-8/h8H,2-4H2,1H3/t8-/m0/s1. The number of ether oxygens (including phenoxy) is 2. The molecule has 0 aromatic heterocycles. The van der Waals surface area contributed by atoms with Gasteiger partial charge in [0.25, 0.3) is 0 Å². The second kappa shape index (κ2) is 4.49. The lowest BCUT2D eigenvalue weighted by molar-refractivity contribution is 0.0863. The first kappa shape index (κ1) is 9.57. The molecule has 0 aliphatic carbocycles. The first-order valence-electron chi connectivity index (χ1n) is 4.03. The maximum Gasteiger partial charge on any atom is 0.169 e. The summed E-state index contributed by atoms with van der Waals surface area (Å²) in [5, 5.41) is 17.2. The average Bonchev–Trinajstić information content (AvgIpc) is 2.66. The summed E-state index contributed by atoms with van der Waals surface area (Å²) in [4.78, 5) is 0. The van der Waals surface area contributed by atoms with Crippen molar-refractivity contribution in [1.29, 1.82) is 10.5 Å². The van der Waals surface area contributed by atoms with Crippen LogP contribution in [0.3, 0.4) is 0 Å². The fourth-order valence-electron chi connectivity index (χ4n) is 1.31. The number of nitriles is 2. The molecule has 1 heterocycles. The fourth-order valence-corrected chi connectivity index (χ4v) is 1.31. The molecular formula is C9H10N2O2. The monoisotopic (exact) mass is 178 g/mol. The number of hydrogen-bond donors (Lipinski definition) is 0. The smallest absolute Gasteiger partial charge is 0.169 e. The summed E-state index contributed by atoms with van der Waals surface area (Å²) in [6, 6.07) is 3.59. The van der Waals surface area contributed by atoms with Crippen LogP contribution in [0.2, 0.25) is 0 Å². The van der Waals surface area contributed by atoms with E-state index in [2.05, 4.69) is 0 Å².